The van der Waals surface area contributed by atoms with Crippen LogP contribution in [0.1, 0.15) is 11.1 Å². The highest BCUT2D eigenvalue weighted by Crippen LogP contribution is 2.30. The van der Waals surface area contributed by atoms with E-state index >= 15 is 0 Å². The highest BCUT2D eigenvalue weighted by Gasteiger charge is 2.16. The van der Waals surface area contributed by atoms with Gasteiger partial charge in [-0.3, -0.25) is 10.1 Å². The molecule has 0 aliphatic rings. The number of aromatic nitrogens is 1. The van der Waals surface area contributed by atoms with Crippen molar-refractivity contribution in [3.8, 4) is 0 Å². The lowest BCUT2D eigenvalue weighted by Gasteiger charge is -2.09. The van der Waals surface area contributed by atoms with Crippen molar-refractivity contribution in [2.45, 2.75) is 13.5 Å². The van der Waals surface area contributed by atoms with Gasteiger partial charge in [0.1, 0.15) is 12.0 Å². The van der Waals surface area contributed by atoms with Gasteiger partial charge >= 0.3 is 0 Å². The van der Waals surface area contributed by atoms with Crippen molar-refractivity contribution in [3.05, 3.63) is 60.6 Å². The van der Waals surface area contributed by atoms with Crippen LogP contribution in [0.4, 0.5) is 11.5 Å². The van der Waals surface area contributed by atoms with Crippen molar-refractivity contribution in [2.24, 2.45) is 0 Å². The van der Waals surface area contributed by atoms with Crippen molar-refractivity contribution in [1.29, 1.82) is 0 Å². The van der Waals surface area contributed by atoms with Gasteiger partial charge in [-0.05, 0) is 40.5 Å². The summed E-state index contributed by atoms with van der Waals surface area (Å²) in [5, 5.41) is 14.0. The van der Waals surface area contributed by atoms with Gasteiger partial charge in [0.15, 0.2) is 0 Å². The summed E-state index contributed by atoms with van der Waals surface area (Å²) < 4.78 is 1.62. The van der Waals surface area contributed by atoms with E-state index in [1.807, 2.05) is 24.3 Å². The average molecular weight is 401 g/mol. The number of anilines is 1. The van der Waals surface area contributed by atoms with Crippen molar-refractivity contribution < 1.29 is 4.92 Å². The number of nitrogens with one attached hydrogen (secondary N) is 1. The van der Waals surface area contributed by atoms with Crippen molar-refractivity contribution in [2.75, 3.05) is 5.32 Å². The maximum Gasteiger partial charge on any atom is 0.291 e. The Morgan fingerprint density at radius 1 is 1.40 bits per heavy atom. The average Bonchev–Trinajstić information content (AvgIpc) is 2.40. The minimum absolute atomic E-state index is 0.00452. The van der Waals surface area contributed by atoms with Crippen molar-refractivity contribution in [1.82, 2.24) is 4.98 Å². The molecular weight excluding hydrogens is 390 g/mol. The third-order valence-corrected chi connectivity index (χ3v) is 4.25. The van der Waals surface area contributed by atoms with E-state index in [4.69, 9.17) is 0 Å². The SMILES string of the molecule is Cc1c([N+](=O)[O-])cnc(NCc2cccc(Br)c2)c1Br. The van der Waals surface area contributed by atoms with E-state index in [2.05, 4.69) is 42.2 Å². The molecule has 1 heterocycles. The molecule has 7 heteroatoms. The van der Waals surface area contributed by atoms with E-state index in [0.29, 0.717) is 22.4 Å². The molecule has 1 N–H and O–H groups in total. The fourth-order valence-electron chi connectivity index (χ4n) is 1.71. The Morgan fingerprint density at radius 2 is 2.15 bits per heavy atom. The van der Waals surface area contributed by atoms with Crippen LogP contribution < -0.4 is 5.32 Å². The fraction of sp³-hybridized carbons (Fsp3) is 0.154. The minimum atomic E-state index is -0.439. The molecule has 5 nitrogen and oxygen atoms in total. The van der Waals surface area contributed by atoms with Crippen LogP contribution in [0.3, 0.4) is 0 Å². The first-order chi connectivity index (χ1) is 9.49. The summed E-state index contributed by atoms with van der Waals surface area (Å²) >= 11 is 6.76. The molecule has 0 saturated carbocycles. The summed E-state index contributed by atoms with van der Waals surface area (Å²) in [5.41, 5.74) is 1.65. The van der Waals surface area contributed by atoms with Gasteiger partial charge in [0, 0.05) is 16.6 Å². The summed E-state index contributed by atoms with van der Waals surface area (Å²) in [6.07, 6.45) is 1.27. The number of hydrogen-bond acceptors (Lipinski definition) is 4. The monoisotopic (exact) mass is 399 g/mol. The zero-order chi connectivity index (χ0) is 14.7. The van der Waals surface area contributed by atoms with Gasteiger partial charge in [-0.2, -0.15) is 0 Å². The van der Waals surface area contributed by atoms with Crippen LogP contribution in [0.2, 0.25) is 0 Å². The summed E-state index contributed by atoms with van der Waals surface area (Å²) in [4.78, 5) is 14.5. The molecule has 0 bridgehead atoms. The second kappa shape index (κ2) is 6.32. The van der Waals surface area contributed by atoms with Crippen LogP contribution in [0.5, 0.6) is 0 Å². The summed E-state index contributed by atoms with van der Waals surface area (Å²) in [5.74, 6) is 0.591. The number of nitro groups is 1. The second-order valence-corrected chi connectivity index (χ2v) is 5.88. The highest BCUT2D eigenvalue weighted by molar-refractivity contribution is 9.11. The molecule has 104 valence electrons. The molecule has 2 aromatic rings. The van der Waals surface area contributed by atoms with Crippen LogP contribution in [-0.2, 0) is 6.54 Å². The molecule has 0 spiro atoms. The lowest BCUT2D eigenvalue weighted by molar-refractivity contribution is -0.385. The van der Waals surface area contributed by atoms with Crippen LogP contribution in [0, 0.1) is 17.0 Å². The van der Waals surface area contributed by atoms with Crippen LogP contribution in [-0.4, -0.2) is 9.91 Å². The van der Waals surface area contributed by atoms with E-state index in [0.717, 1.165) is 10.0 Å². The number of hydrogen-bond donors (Lipinski definition) is 1. The van der Waals surface area contributed by atoms with Crippen molar-refractivity contribution in [3.63, 3.8) is 0 Å². The third kappa shape index (κ3) is 3.34. The quantitative estimate of drug-likeness (QED) is 0.608. The largest absolute Gasteiger partial charge is 0.365 e. The zero-order valence-electron chi connectivity index (χ0n) is 10.6. The van der Waals surface area contributed by atoms with Crippen LogP contribution in [0.15, 0.2) is 39.4 Å². The predicted octanol–water partition coefficient (Wildman–Crippen LogP) is 4.44. The molecule has 2 rings (SSSR count). The molecule has 0 fully saturated rings. The predicted molar refractivity (Wildman–Crippen MR) is 84.8 cm³/mol. The molecule has 1 aromatic heterocycles. The molecule has 0 unspecified atom stereocenters. The first-order valence-corrected chi connectivity index (χ1v) is 7.35. The molecule has 20 heavy (non-hydrogen) atoms. The number of benzene rings is 1. The number of rotatable bonds is 4. The lowest BCUT2D eigenvalue weighted by Crippen LogP contribution is -2.04. The summed E-state index contributed by atoms with van der Waals surface area (Å²) in [6, 6.07) is 7.89. The maximum atomic E-state index is 10.8. The van der Waals surface area contributed by atoms with Crippen LogP contribution >= 0.6 is 31.9 Å². The molecule has 0 atom stereocenters. The Labute approximate surface area is 132 Å². The van der Waals surface area contributed by atoms with E-state index in [9.17, 15) is 10.1 Å². The van der Waals surface area contributed by atoms with Gasteiger partial charge in [0.25, 0.3) is 5.69 Å². The Bertz CT molecular complexity index is 662. The maximum absolute atomic E-state index is 10.8. The normalized spacial score (nSPS) is 10.3. The third-order valence-electron chi connectivity index (χ3n) is 2.78. The molecule has 0 aliphatic carbocycles. The molecular formula is C13H11Br2N3O2. The van der Waals surface area contributed by atoms with E-state index in [1.165, 1.54) is 6.20 Å². The number of pyridine rings is 1. The van der Waals surface area contributed by atoms with Gasteiger partial charge in [-0.1, -0.05) is 28.1 Å². The van der Waals surface area contributed by atoms with Gasteiger partial charge in [-0.25, -0.2) is 4.98 Å². The molecule has 0 radical (unpaired) electrons. The standard InChI is InChI=1S/C13H11Br2N3O2/c1-8-11(18(19)20)7-17-13(12(8)15)16-6-9-3-2-4-10(14)5-9/h2-5,7H,6H2,1H3,(H,16,17). The van der Waals surface area contributed by atoms with Gasteiger partial charge < -0.3 is 5.32 Å². The van der Waals surface area contributed by atoms with Crippen molar-refractivity contribution >= 4 is 43.4 Å². The molecule has 1 aromatic carbocycles. The molecule has 0 amide bonds. The topological polar surface area (TPSA) is 68.1 Å². The van der Waals surface area contributed by atoms with E-state index < -0.39 is 4.92 Å². The fourth-order valence-corrected chi connectivity index (χ4v) is 2.60. The van der Waals surface area contributed by atoms with Crippen LogP contribution in [0.25, 0.3) is 0 Å². The van der Waals surface area contributed by atoms with Gasteiger partial charge in [0.2, 0.25) is 0 Å². The first-order valence-electron chi connectivity index (χ1n) is 5.77. The van der Waals surface area contributed by atoms with Gasteiger partial charge in [0.05, 0.1) is 9.40 Å². The minimum Gasteiger partial charge on any atom is -0.365 e. The Balaban J connectivity index is 2.18. The second-order valence-electron chi connectivity index (χ2n) is 4.17. The molecule has 0 saturated heterocycles. The Morgan fingerprint density at radius 3 is 2.80 bits per heavy atom. The number of nitrogens with zero attached hydrogens (tertiary/aromatic N) is 2. The summed E-state index contributed by atoms with van der Waals surface area (Å²) in [6.45, 7) is 2.27. The van der Waals surface area contributed by atoms with Gasteiger partial charge in [-0.15, -0.1) is 0 Å². The lowest BCUT2D eigenvalue weighted by atomic mass is 10.2. The first kappa shape index (κ1) is 14.9. The number of halogens is 2. The summed E-state index contributed by atoms with van der Waals surface area (Å²) in [7, 11) is 0. The Kier molecular flexibility index (Phi) is 4.72. The van der Waals surface area contributed by atoms with E-state index in [1.54, 1.807) is 6.92 Å². The molecule has 0 aliphatic heterocycles. The Hall–Kier alpha value is -1.47. The van der Waals surface area contributed by atoms with E-state index in [-0.39, 0.29) is 5.69 Å². The highest BCUT2D eigenvalue weighted by atomic mass is 79.9. The zero-order valence-corrected chi connectivity index (χ0v) is 13.7. The smallest absolute Gasteiger partial charge is 0.291 e.